The Balaban J connectivity index is 4.31. The van der Waals surface area contributed by atoms with E-state index in [1.807, 2.05) is 0 Å². The fraction of sp³-hybridized carbons (Fsp3) is 0.125. The smallest absolute Gasteiger partial charge is 0.349 e. The van der Waals surface area contributed by atoms with Crippen LogP contribution in [0.25, 0.3) is 0 Å². The molecule has 0 saturated heterocycles. The highest BCUT2D eigenvalue weighted by Gasteiger charge is 1.98. The van der Waals surface area contributed by atoms with Crippen LogP contribution in [-0.4, -0.2) is 22.7 Å². The Bertz CT molecular complexity index is 303. The number of amides is 1. The molecule has 5 nitrogen and oxygen atoms in total. The van der Waals surface area contributed by atoms with E-state index in [1.165, 1.54) is 13.0 Å². The summed E-state index contributed by atoms with van der Waals surface area (Å²) in [5, 5.41) is 8.38. The van der Waals surface area contributed by atoms with Gasteiger partial charge in [0.15, 0.2) is 0 Å². The molecule has 0 bridgehead atoms. The molecular weight excluding hydrogens is 172 g/mol. The van der Waals surface area contributed by atoms with Crippen LogP contribution in [0.1, 0.15) is 6.92 Å². The first kappa shape index (κ1) is 11.1. The van der Waals surface area contributed by atoms with Crippen molar-refractivity contribution in [1.82, 2.24) is 0 Å². The summed E-state index contributed by atoms with van der Waals surface area (Å²) >= 11 is 0. The van der Waals surface area contributed by atoms with E-state index in [2.05, 4.69) is 11.6 Å². The van der Waals surface area contributed by atoms with Crippen LogP contribution in [0, 0.1) is 0 Å². The minimum atomic E-state index is -1.12. The fourth-order valence-corrected chi connectivity index (χ4v) is 0.376. The maximum absolute atomic E-state index is 10.4. The van der Waals surface area contributed by atoms with Gasteiger partial charge in [-0.25, -0.2) is 4.79 Å². The third kappa shape index (κ3) is 4.52. The van der Waals surface area contributed by atoms with Crippen molar-refractivity contribution in [3.63, 3.8) is 0 Å². The predicted octanol–water partition coefficient (Wildman–Crippen LogP) is 0.0871. The number of nitrogens with zero attached hydrogens (tertiary/aromatic N) is 1. The van der Waals surface area contributed by atoms with Gasteiger partial charge in [-0.05, 0) is 13.0 Å². The predicted molar refractivity (Wildman–Crippen MR) is 48.2 cm³/mol. The molecule has 0 aromatic carbocycles. The van der Waals surface area contributed by atoms with Gasteiger partial charge in [0.1, 0.15) is 5.71 Å². The number of primary amides is 1. The van der Waals surface area contributed by atoms with Crippen LogP contribution in [0.3, 0.4) is 0 Å². The van der Waals surface area contributed by atoms with Crippen molar-refractivity contribution in [2.24, 2.45) is 10.7 Å². The standard InChI is InChI=1S/C8H10N2O3/c1-5(7(9)11)3-4-10-6(2)8(12)13/h3-4H,1H2,2H3,(H2,9,11)(H,12,13)/b4-3-,10-6+. The Labute approximate surface area is 75.3 Å². The molecule has 0 unspecified atom stereocenters. The molecule has 70 valence electrons. The van der Waals surface area contributed by atoms with Gasteiger partial charge in [0.25, 0.3) is 0 Å². The number of carboxylic acids is 1. The van der Waals surface area contributed by atoms with Gasteiger partial charge in [0.05, 0.1) is 0 Å². The average Bonchev–Trinajstić information content (AvgIpc) is 2.03. The zero-order valence-corrected chi connectivity index (χ0v) is 7.15. The summed E-state index contributed by atoms with van der Waals surface area (Å²) in [5.74, 6) is -1.78. The second-order valence-electron chi connectivity index (χ2n) is 2.22. The molecule has 1 amide bonds. The Morgan fingerprint density at radius 1 is 1.54 bits per heavy atom. The van der Waals surface area contributed by atoms with Crippen molar-refractivity contribution >= 4 is 17.6 Å². The molecule has 0 aliphatic heterocycles. The summed E-state index contributed by atoms with van der Waals surface area (Å²) in [6.45, 7) is 4.65. The fourth-order valence-electron chi connectivity index (χ4n) is 0.376. The van der Waals surface area contributed by atoms with Crippen molar-refractivity contribution in [2.45, 2.75) is 6.92 Å². The van der Waals surface area contributed by atoms with Gasteiger partial charge in [-0.2, -0.15) is 0 Å². The van der Waals surface area contributed by atoms with Crippen molar-refractivity contribution in [3.8, 4) is 0 Å². The van der Waals surface area contributed by atoms with E-state index < -0.39 is 11.9 Å². The Hall–Kier alpha value is -1.91. The number of aliphatic imine (C=N–C) groups is 1. The largest absolute Gasteiger partial charge is 0.477 e. The van der Waals surface area contributed by atoms with E-state index in [-0.39, 0.29) is 11.3 Å². The van der Waals surface area contributed by atoms with E-state index in [9.17, 15) is 9.59 Å². The van der Waals surface area contributed by atoms with E-state index in [0.717, 1.165) is 6.20 Å². The number of hydrogen-bond acceptors (Lipinski definition) is 3. The SMILES string of the molecule is C=C(/C=C\N=C(/C)C(=O)O)C(N)=O. The zero-order chi connectivity index (χ0) is 10.4. The molecule has 0 aliphatic carbocycles. The summed E-state index contributed by atoms with van der Waals surface area (Å²) in [7, 11) is 0. The summed E-state index contributed by atoms with van der Waals surface area (Å²) < 4.78 is 0. The lowest BCUT2D eigenvalue weighted by Crippen LogP contribution is -2.11. The number of rotatable bonds is 4. The summed E-state index contributed by atoms with van der Waals surface area (Å²) in [5.41, 5.74) is 4.85. The maximum atomic E-state index is 10.4. The minimum Gasteiger partial charge on any atom is -0.477 e. The highest BCUT2D eigenvalue weighted by molar-refractivity contribution is 6.34. The monoisotopic (exact) mass is 182 g/mol. The van der Waals surface area contributed by atoms with Gasteiger partial charge in [-0.1, -0.05) is 6.58 Å². The molecule has 0 heterocycles. The van der Waals surface area contributed by atoms with E-state index >= 15 is 0 Å². The summed E-state index contributed by atoms with van der Waals surface area (Å²) in [4.78, 5) is 24.2. The van der Waals surface area contributed by atoms with E-state index in [4.69, 9.17) is 10.8 Å². The first-order valence-corrected chi connectivity index (χ1v) is 3.38. The molecule has 0 spiro atoms. The number of carbonyl (C=O) groups excluding carboxylic acids is 1. The summed E-state index contributed by atoms with van der Waals surface area (Å²) in [6.07, 6.45) is 2.41. The van der Waals surface area contributed by atoms with Gasteiger partial charge in [-0.15, -0.1) is 0 Å². The van der Waals surface area contributed by atoms with Crippen molar-refractivity contribution < 1.29 is 14.7 Å². The van der Waals surface area contributed by atoms with Crippen LogP contribution in [0.4, 0.5) is 0 Å². The van der Waals surface area contributed by atoms with Crippen LogP contribution in [-0.2, 0) is 9.59 Å². The molecule has 0 atom stereocenters. The highest BCUT2D eigenvalue weighted by atomic mass is 16.4. The van der Waals surface area contributed by atoms with E-state index in [1.54, 1.807) is 0 Å². The van der Waals surface area contributed by atoms with Gasteiger partial charge < -0.3 is 10.8 Å². The lowest BCUT2D eigenvalue weighted by molar-refractivity contribution is -0.129. The quantitative estimate of drug-likeness (QED) is 0.366. The molecule has 0 rings (SSSR count). The van der Waals surface area contributed by atoms with Crippen molar-refractivity contribution in [1.29, 1.82) is 0 Å². The normalized spacial score (nSPS) is 11.6. The van der Waals surface area contributed by atoms with Crippen LogP contribution < -0.4 is 5.73 Å². The number of nitrogens with two attached hydrogens (primary N) is 1. The second kappa shape index (κ2) is 4.87. The molecular formula is C8H10N2O3. The Morgan fingerprint density at radius 2 is 2.08 bits per heavy atom. The average molecular weight is 182 g/mol. The highest BCUT2D eigenvalue weighted by Crippen LogP contribution is 1.91. The lowest BCUT2D eigenvalue weighted by atomic mass is 10.3. The topological polar surface area (TPSA) is 92.8 Å². The lowest BCUT2D eigenvalue weighted by Gasteiger charge is -1.89. The number of aliphatic carboxylic acids is 1. The molecule has 3 N–H and O–H groups in total. The maximum Gasteiger partial charge on any atom is 0.349 e. The molecule has 0 aromatic heterocycles. The van der Waals surface area contributed by atoms with Gasteiger partial charge in [0.2, 0.25) is 5.91 Å². The number of carboxylic acid groups (broad SMARTS) is 1. The zero-order valence-electron chi connectivity index (χ0n) is 7.15. The molecule has 0 aromatic rings. The Morgan fingerprint density at radius 3 is 2.46 bits per heavy atom. The van der Waals surface area contributed by atoms with Crippen LogP contribution in [0.2, 0.25) is 0 Å². The minimum absolute atomic E-state index is 0.0712. The second-order valence-corrected chi connectivity index (χ2v) is 2.22. The van der Waals surface area contributed by atoms with Gasteiger partial charge >= 0.3 is 5.97 Å². The molecule has 0 fully saturated rings. The number of hydrogen-bond donors (Lipinski definition) is 2. The van der Waals surface area contributed by atoms with Crippen LogP contribution in [0.15, 0.2) is 29.4 Å². The van der Waals surface area contributed by atoms with Crippen molar-refractivity contribution in [3.05, 3.63) is 24.4 Å². The molecule has 0 radical (unpaired) electrons. The van der Waals surface area contributed by atoms with Gasteiger partial charge in [0, 0.05) is 11.8 Å². The molecule has 5 heteroatoms. The molecule has 0 saturated carbocycles. The van der Waals surface area contributed by atoms with Crippen molar-refractivity contribution in [2.75, 3.05) is 0 Å². The molecule has 13 heavy (non-hydrogen) atoms. The first-order chi connectivity index (χ1) is 5.95. The van der Waals surface area contributed by atoms with Gasteiger partial charge in [-0.3, -0.25) is 9.79 Å². The third-order valence-electron chi connectivity index (χ3n) is 1.17. The third-order valence-corrected chi connectivity index (χ3v) is 1.17. The number of carbonyl (C=O) groups is 2. The first-order valence-electron chi connectivity index (χ1n) is 3.38. The van der Waals surface area contributed by atoms with E-state index in [0.29, 0.717) is 0 Å². The Kier molecular flexibility index (Phi) is 4.15. The summed E-state index contributed by atoms with van der Waals surface area (Å²) in [6, 6.07) is 0. The van der Waals surface area contributed by atoms with Crippen LogP contribution in [0.5, 0.6) is 0 Å². The molecule has 0 aliphatic rings. The van der Waals surface area contributed by atoms with Crippen LogP contribution >= 0.6 is 0 Å².